The maximum atomic E-state index is 11.6. The van der Waals surface area contributed by atoms with Gasteiger partial charge in [-0.05, 0) is 38.3 Å². The third kappa shape index (κ3) is 1.78. The third-order valence-electron chi connectivity index (χ3n) is 4.25. The van der Waals surface area contributed by atoms with Gasteiger partial charge in [-0.2, -0.15) is 0 Å². The van der Waals surface area contributed by atoms with Gasteiger partial charge in [-0.25, -0.2) is 0 Å². The van der Waals surface area contributed by atoms with E-state index in [-0.39, 0.29) is 12.0 Å². The van der Waals surface area contributed by atoms with Crippen LogP contribution in [0.4, 0.5) is 0 Å². The lowest BCUT2D eigenvalue weighted by Crippen LogP contribution is -2.33. The zero-order valence-electron chi connectivity index (χ0n) is 11.5. The molecule has 1 N–H and O–H groups in total. The van der Waals surface area contributed by atoms with Crippen molar-refractivity contribution < 1.29 is 9.90 Å². The van der Waals surface area contributed by atoms with Gasteiger partial charge < -0.3 is 9.67 Å². The number of hydrogen-bond donors (Lipinski definition) is 1. The molecule has 18 heavy (non-hydrogen) atoms. The van der Waals surface area contributed by atoms with Gasteiger partial charge in [0.25, 0.3) is 0 Å². The normalized spacial score (nSPS) is 27.1. The fraction of sp³-hybridized carbons (Fsp3) is 0.533. The molecule has 2 rings (SSSR count). The summed E-state index contributed by atoms with van der Waals surface area (Å²) in [6.45, 7) is 8.10. The van der Waals surface area contributed by atoms with Gasteiger partial charge in [0, 0.05) is 11.4 Å². The molecule has 0 saturated heterocycles. The molecule has 0 amide bonds. The van der Waals surface area contributed by atoms with Crippen LogP contribution in [0, 0.1) is 25.2 Å². The Labute approximate surface area is 108 Å². The molecule has 1 aliphatic rings. The van der Waals surface area contributed by atoms with Crippen LogP contribution in [0.5, 0.6) is 0 Å². The van der Waals surface area contributed by atoms with Crippen molar-refractivity contribution in [3.63, 3.8) is 0 Å². The van der Waals surface area contributed by atoms with E-state index in [1.807, 2.05) is 26.0 Å². The standard InChI is InChI=1S/C15H21NO2/c1-10(2)15(14(17)18)8-7-13(9-15)16-11(3)5-6-12(16)4/h5-8,10,13H,9H2,1-4H3,(H,17,18)/t13-,15?/m1/s1. The number of carboxylic acid groups (broad SMARTS) is 1. The molecule has 1 aromatic rings. The minimum Gasteiger partial charge on any atom is -0.481 e. The summed E-state index contributed by atoms with van der Waals surface area (Å²) >= 11 is 0. The van der Waals surface area contributed by atoms with Crippen molar-refractivity contribution in [2.75, 3.05) is 0 Å². The lowest BCUT2D eigenvalue weighted by molar-refractivity contribution is -0.148. The van der Waals surface area contributed by atoms with Gasteiger partial charge in [0.1, 0.15) is 0 Å². The monoisotopic (exact) mass is 247 g/mol. The fourth-order valence-corrected chi connectivity index (χ4v) is 2.98. The van der Waals surface area contributed by atoms with Crippen LogP contribution in [0.3, 0.4) is 0 Å². The van der Waals surface area contributed by atoms with Crippen LogP contribution < -0.4 is 0 Å². The van der Waals surface area contributed by atoms with E-state index in [2.05, 4.69) is 30.5 Å². The Morgan fingerprint density at radius 2 is 1.94 bits per heavy atom. The highest BCUT2D eigenvalue weighted by Crippen LogP contribution is 2.44. The lowest BCUT2D eigenvalue weighted by Gasteiger charge is -2.29. The molecule has 1 unspecified atom stereocenters. The Kier molecular flexibility index (Phi) is 3.09. The van der Waals surface area contributed by atoms with Crippen molar-refractivity contribution in [1.82, 2.24) is 4.57 Å². The zero-order valence-corrected chi connectivity index (χ0v) is 11.5. The first kappa shape index (κ1) is 12.9. The average molecular weight is 247 g/mol. The van der Waals surface area contributed by atoms with Gasteiger partial charge in [-0.1, -0.05) is 26.0 Å². The quantitative estimate of drug-likeness (QED) is 0.832. The molecular formula is C15H21NO2. The fourth-order valence-electron chi connectivity index (χ4n) is 2.98. The van der Waals surface area contributed by atoms with Crippen molar-refractivity contribution >= 4 is 5.97 Å². The number of rotatable bonds is 3. The highest BCUT2D eigenvalue weighted by atomic mass is 16.4. The number of aryl methyl sites for hydroxylation is 2. The van der Waals surface area contributed by atoms with E-state index in [0.717, 1.165) is 0 Å². The van der Waals surface area contributed by atoms with Crippen LogP contribution in [0.2, 0.25) is 0 Å². The molecule has 0 bridgehead atoms. The Morgan fingerprint density at radius 1 is 1.39 bits per heavy atom. The maximum absolute atomic E-state index is 11.6. The van der Waals surface area contributed by atoms with Crippen molar-refractivity contribution in [1.29, 1.82) is 0 Å². The molecule has 1 aromatic heterocycles. The maximum Gasteiger partial charge on any atom is 0.313 e. The predicted molar refractivity (Wildman–Crippen MR) is 71.6 cm³/mol. The van der Waals surface area contributed by atoms with Gasteiger partial charge in [0.05, 0.1) is 11.5 Å². The minimum atomic E-state index is -0.714. The predicted octanol–water partition coefficient (Wildman–Crippen LogP) is 3.33. The van der Waals surface area contributed by atoms with Crippen molar-refractivity contribution in [3.8, 4) is 0 Å². The molecule has 0 spiro atoms. The highest BCUT2D eigenvalue weighted by Gasteiger charge is 2.44. The first-order valence-electron chi connectivity index (χ1n) is 6.45. The van der Waals surface area contributed by atoms with E-state index in [1.165, 1.54) is 11.4 Å². The summed E-state index contributed by atoms with van der Waals surface area (Å²) in [4.78, 5) is 11.6. The average Bonchev–Trinajstić information content (AvgIpc) is 2.84. The Morgan fingerprint density at radius 3 is 2.33 bits per heavy atom. The summed E-state index contributed by atoms with van der Waals surface area (Å²) in [6.07, 6.45) is 4.59. The van der Waals surface area contributed by atoms with Gasteiger partial charge >= 0.3 is 5.97 Å². The number of hydrogen-bond acceptors (Lipinski definition) is 1. The van der Waals surface area contributed by atoms with E-state index in [4.69, 9.17) is 0 Å². The van der Waals surface area contributed by atoms with Crippen LogP contribution in [0.25, 0.3) is 0 Å². The molecule has 3 nitrogen and oxygen atoms in total. The number of carbonyl (C=O) groups is 1. The molecule has 2 atom stereocenters. The summed E-state index contributed by atoms with van der Waals surface area (Å²) < 4.78 is 2.23. The van der Waals surface area contributed by atoms with Crippen molar-refractivity contribution in [3.05, 3.63) is 35.7 Å². The van der Waals surface area contributed by atoms with Gasteiger partial charge in [0.15, 0.2) is 0 Å². The van der Waals surface area contributed by atoms with E-state index < -0.39 is 11.4 Å². The number of carboxylic acids is 1. The molecule has 0 radical (unpaired) electrons. The summed E-state index contributed by atoms with van der Waals surface area (Å²) in [5.41, 5.74) is 1.66. The molecule has 98 valence electrons. The first-order chi connectivity index (χ1) is 8.38. The molecule has 0 fully saturated rings. The minimum absolute atomic E-state index is 0.104. The molecule has 0 aliphatic heterocycles. The van der Waals surface area contributed by atoms with Crippen LogP contribution in [-0.2, 0) is 4.79 Å². The molecule has 3 heteroatoms. The van der Waals surface area contributed by atoms with E-state index in [0.29, 0.717) is 6.42 Å². The molecule has 1 heterocycles. The van der Waals surface area contributed by atoms with Crippen molar-refractivity contribution in [2.45, 2.75) is 40.2 Å². The van der Waals surface area contributed by atoms with E-state index >= 15 is 0 Å². The van der Waals surface area contributed by atoms with E-state index in [9.17, 15) is 9.90 Å². The number of allylic oxidation sites excluding steroid dienone is 1. The van der Waals surface area contributed by atoms with Crippen LogP contribution >= 0.6 is 0 Å². The van der Waals surface area contributed by atoms with Crippen LogP contribution in [0.15, 0.2) is 24.3 Å². The number of aliphatic carboxylic acids is 1. The summed E-state index contributed by atoms with van der Waals surface area (Å²) in [5, 5.41) is 9.53. The van der Waals surface area contributed by atoms with E-state index in [1.54, 1.807) is 0 Å². The number of nitrogens with zero attached hydrogens (tertiary/aromatic N) is 1. The second kappa shape index (κ2) is 4.30. The van der Waals surface area contributed by atoms with Crippen molar-refractivity contribution in [2.24, 2.45) is 11.3 Å². The zero-order chi connectivity index (χ0) is 13.5. The van der Waals surface area contributed by atoms with Crippen LogP contribution in [-0.4, -0.2) is 15.6 Å². The first-order valence-corrected chi connectivity index (χ1v) is 6.45. The summed E-state index contributed by atoms with van der Waals surface area (Å²) in [5.74, 6) is -0.605. The second-order valence-electron chi connectivity index (χ2n) is 5.62. The Balaban J connectivity index is 2.34. The third-order valence-corrected chi connectivity index (χ3v) is 4.25. The Bertz CT molecular complexity index is 479. The molecular weight excluding hydrogens is 226 g/mol. The van der Waals surface area contributed by atoms with Gasteiger partial charge in [0.2, 0.25) is 0 Å². The molecule has 1 aliphatic carbocycles. The topological polar surface area (TPSA) is 42.2 Å². The van der Waals surface area contributed by atoms with Crippen LogP contribution in [0.1, 0.15) is 37.7 Å². The summed E-state index contributed by atoms with van der Waals surface area (Å²) in [6, 6.07) is 4.33. The summed E-state index contributed by atoms with van der Waals surface area (Å²) in [7, 11) is 0. The number of aromatic nitrogens is 1. The lowest BCUT2D eigenvalue weighted by atomic mass is 9.76. The highest BCUT2D eigenvalue weighted by molar-refractivity contribution is 5.78. The molecule has 0 aromatic carbocycles. The van der Waals surface area contributed by atoms with Gasteiger partial charge in [-0.3, -0.25) is 4.79 Å². The Hall–Kier alpha value is -1.51. The smallest absolute Gasteiger partial charge is 0.313 e. The second-order valence-corrected chi connectivity index (χ2v) is 5.62. The largest absolute Gasteiger partial charge is 0.481 e. The molecule has 0 saturated carbocycles. The SMILES string of the molecule is Cc1ccc(C)n1[C@@H]1C=CC(C(=O)O)(C(C)C)C1. The van der Waals surface area contributed by atoms with Gasteiger partial charge in [-0.15, -0.1) is 0 Å².